The van der Waals surface area contributed by atoms with Gasteiger partial charge < -0.3 is 4.74 Å². The van der Waals surface area contributed by atoms with Crippen molar-refractivity contribution in [3.8, 4) is 6.07 Å². The summed E-state index contributed by atoms with van der Waals surface area (Å²) in [5.41, 5.74) is 2.44. The summed E-state index contributed by atoms with van der Waals surface area (Å²) < 4.78 is 5.02. The minimum atomic E-state index is -0.556. The number of ether oxygens (including phenoxy) is 1. The minimum Gasteiger partial charge on any atom is -0.465 e. The van der Waals surface area contributed by atoms with Crippen LogP contribution in [-0.4, -0.2) is 23.9 Å². The maximum Gasteiger partial charge on any atom is 0.349 e. The van der Waals surface area contributed by atoms with Crippen LogP contribution in [0.1, 0.15) is 17.0 Å². The number of hydrogen-bond donors (Lipinski definition) is 0. The van der Waals surface area contributed by atoms with Gasteiger partial charge in [0, 0.05) is 10.8 Å². The Kier molecular flexibility index (Phi) is 5.68. The maximum absolute atomic E-state index is 11.8. The molecule has 0 bridgehead atoms. The maximum atomic E-state index is 11.8. The molecule has 1 fully saturated rings. The number of methoxy groups -OCH3 is 1. The van der Waals surface area contributed by atoms with Crippen molar-refractivity contribution >= 4 is 39.3 Å². The molecule has 1 aliphatic heterocycles. The van der Waals surface area contributed by atoms with Crippen molar-refractivity contribution in [1.29, 1.82) is 5.26 Å². The van der Waals surface area contributed by atoms with Gasteiger partial charge in [0.2, 0.25) is 0 Å². The smallest absolute Gasteiger partial charge is 0.349 e. The third kappa shape index (κ3) is 3.42. The Morgan fingerprint density at radius 2 is 2.05 bits per heavy atom. The molecule has 21 heavy (non-hydrogen) atoms. The summed E-state index contributed by atoms with van der Waals surface area (Å²) in [6.45, 7) is 2.04. The molecule has 0 N–H and O–H groups in total. The molecule has 110 valence electrons. The Bertz CT molecular complexity index is 604. The number of carbonyl (C=O) groups is 1. The summed E-state index contributed by atoms with van der Waals surface area (Å²) in [4.78, 5) is 12.6. The molecule has 3 nitrogen and oxygen atoms in total. The zero-order chi connectivity index (χ0) is 15.4. The molecule has 0 spiro atoms. The molecule has 1 saturated heterocycles. The van der Waals surface area contributed by atoms with E-state index in [-0.39, 0.29) is 16.1 Å². The van der Waals surface area contributed by atoms with Gasteiger partial charge in [0.1, 0.15) is 11.6 Å². The largest absolute Gasteiger partial charge is 0.465 e. The van der Waals surface area contributed by atoms with Crippen molar-refractivity contribution in [2.24, 2.45) is 0 Å². The van der Waals surface area contributed by atoms with Crippen LogP contribution in [0.15, 0.2) is 34.7 Å². The van der Waals surface area contributed by atoms with Crippen molar-refractivity contribution < 1.29 is 9.53 Å². The highest BCUT2D eigenvalue weighted by atomic mass is 33.1. The predicted octanol–water partition coefficient (Wildman–Crippen LogP) is 4.11. The molecule has 2 atom stereocenters. The van der Waals surface area contributed by atoms with E-state index >= 15 is 0 Å². The van der Waals surface area contributed by atoms with Gasteiger partial charge in [-0.25, -0.2) is 4.79 Å². The normalized spacial score (nSPS) is 23.5. The van der Waals surface area contributed by atoms with Crippen LogP contribution in [0.4, 0.5) is 0 Å². The highest BCUT2D eigenvalue weighted by Crippen LogP contribution is 2.59. The van der Waals surface area contributed by atoms with Gasteiger partial charge in [-0.05, 0) is 18.7 Å². The third-order valence-corrected chi connectivity index (χ3v) is 7.82. The van der Waals surface area contributed by atoms with E-state index in [4.69, 9.17) is 4.74 Å². The van der Waals surface area contributed by atoms with E-state index < -0.39 is 5.97 Å². The van der Waals surface area contributed by atoms with Crippen LogP contribution in [0.25, 0.3) is 0 Å². The van der Waals surface area contributed by atoms with Gasteiger partial charge in [0.25, 0.3) is 0 Å². The minimum absolute atomic E-state index is 0.0457. The highest BCUT2D eigenvalue weighted by Gasteiger charge is 2.38. The molecule has 0 amide bonds. The fraction of sp³-hybridized carbons (Fsp3) is 0.333. The summed E-state index contributed by atoms with van der Waals surface area (Å²) in [7, 11) is 4.51. The van der Waals surface area contributed by atoms with Crippen molar-refractivity contribution in [3.05, 3.63) is 45.9 Å². The average molecular weight is 337 g/mol. The lowest BCUT2D eigenvalue weighted by molar-refractivity contribution is -0.135. The molecule has 6 heteroatoms. The average Bonchev–Trinajstić information content (AvgIpc) is 2.92. The van der Waals surface area contributed by atoms with Gasteiger partial charge in [0.15, 0.2) is 0 Å². The van der Waals surface area contributed by atoms with Gasteiger partial charge in [-0.15, -0.1) is 11.8 Å². The van der Waals surface area contributed by atoms with E-state index in [1.165, 1.54) is 23.5 Å². The van der Waals surface area contributed by atoms with Gasteiger partial charge >= 0.3 is 5.97 Å². The molecule has 1 aliphatic rings. The second kappa shape index (κ2) is 7.30. The molecular weight excluding hydrogens is 322 g/mol. The van der Waals surface area contributed by atoms with Gasteiger partial charge in [-0.1, -0.05) is 51.4 Å². The summed E-state index contributed by atoms with van der Waals surface area (Å²) in [6.07, 6.45) is 2.05. The molecule has 1 aromatic carbocycles. The van der Waals surface area contributed by atoms with Crippen LogP contribution in [0, 0.1) is 18.3 Å². The monoisotopic (exact) mass is 337 g/mol. The van der Waals surface area contributed by atoms with Crippen LogP contribution < -0.4 is 0 Å². The molecule has 2 rings (SSSR count). The van der Waals surface area contributed by atoms with Crippen LogP contribution in [0.2, 0.25) is 0 Å². The van der Waals surface area contributed by atoms with E-state index in [9.17, 15) is 10.1 Å². The number of thioether (sulfide) groups is 1. The number of allylic oxidation sites excluding steroid dienone is 1. The Morgan fingerprint density at radius 3 is 2.57 bits per heavy atom. The van der Waals surface area contributed by atoms with E-state index in [0.29, 0.717) is 0 Å². The number of carbonyl (C=O) groups excluding carboxylic acids is 1. The first-order chi connectivity index (χ1) is 10.1. The molecule has 0 aliphatic carbocycles. The van der Waals surface area contributed by atoms with Crippen LogP contribution >= 0.6 is 33.3 Å². The molecule has 2 unspecified atom stereocenters. The van der Waals surface area contributed by atoms with E-state index in [2.05, 4.69) is 24.3 Å². The van der Waals surface area contributed by atoms with Crippen molar-refractivity contribution in [1.82, 2.24) is 0 Å². The van der Waals surface area contributed by atoms with Gasteiger partial charge in [-0.2, -0.15) is 5.26 Å². The molecule has 0 aromatic heterocycles. The second-order valence-corrected chi connectivity index (χ2v) is 8.18. The van der Waals surface area contributed by atoms with E-state index in [0.717, 1.165) is 10.5 Å². The lowest BCUT2D eigenvalue weighted by Crippen LogP contribution is -2.12. The summed E-state index contributed by atoms with van der Waals surface area (Å²) >= 11 is 1.74. The number of aryl methyl sites for hydroxylation is 1. The Balaban J connectivity index is 2.50. The van der Waals surface area contributed by atoms with E-state index in [1.54, 1.807) is 22.6 Å². The topological polar surface area (TPSA) is 50.1 Å². The van der Waals surface area contributed by atoms with Crippen molar-refractivity contribution in [2.75, 3.05) is 13.4 Å². The van der Waals surface area contributed by atoms with Gasteiger partial charge in [0.05, 0.1) is 11.7 Å². The first kappa shape index (κ1) is 16.3. The molecular formula is C15H15NO2S3. The summed E-state index contributed by atoms with van der Waals surface area (Å²) in [5, 5.41) is 9.32. The van der Waals surface area contributed by atoms with Crippen LogP contribution in [0.3, 0.4) is 0 Å². The second-order valence-electron chi connectivity index (χ2n) is 4.51. The summed E-state index contributed by atoms with van der Waals surface area (Å²) in [5.74, 6) is -0.510. The Morgan fingerprint density at radius 1 is 1.38 bits per heavy atom. The van der Waals surface area contributed by atoms with E-state index in [1.807, 2.05) is 19.2 Å². The zero-order valence-corrected chi connectivity index (χ0v) is 14.4. The lowest BCUT2D eigenvalue weighted by atomic mass is 9.96. The SMILES string of the molecule is COC(=O)/C(C#N)=C1\SSC(SC)C1c1ccc(C)cc1. The third-order valence-electron chi connectivity index (χ3n) is 3.20. The molecule has 0 saturated carbocycles. The fourth-order valence-corrected chi connectivity index (χ4v) is 6.88. The standard InChI is InChI=1S/C15H15NO2S3/c1-9-4-6-10(7-5-9)12-13(20-21-15(12)19-3)11(8-16)14(17)18-2/h4-7,12,15H,1-3H3/b13-11-. The Labute approximate surface area is 136 Å². The number of esters is 1. The highest BCUT2D eigenvalue weighted by molar-refractivity contribution is 8.80. The van der Waals surface area contributed by atoms with Gasteiger partial charge in [-0.3, -0.25) is 0 Å². The number of hydrogen-bond acceptors (Lipinski definition) is 6. The molecule has 0 radical (unpaired) electrons. The Hall–Kier alpha value is -1.03. The van der Waals surface area contributed by atoms with Crippen LogP contribution in [0.5, 0.6) is 0 Å². The number of nitriles is 1. The number of nitrogens with zero attached hydrogens (tertiary/aromatic N) is 1. The zero-order valence-electron chi connectivity index (χ0n) is 12.0. The van der Waals surface area contributed by atoms with Crippen molar-refractivity contribution in [2.45, 2.75) is 17.4 Å². The fourth-order valence-electron chi connectivity index (χ4n) is 2.09. The molecule has 1 aromatic rings. The predicted molar refractivity (Wildman–Crippen MR) is 91.1 cm³/mol. The quantitative estimate of drug-likeness (QED) is 0.358. The first-order valence-corrected chi connectivity index (χ1v) is 9.77. The molecule has 1 heterocycles. The van der Waals surface area contributed by atoms with Crippen molar-refractivity contribution in [3.63, 3.8) is 0 Å². The summed E-state index contributed by atoms with van der Waals surface area (Å²) in [6, 6.07) is 10.3. The van der Waals surface area contributed by atoms with Crippen LogP contribution in [-0.2, 0) is 9.53 Å². The number of rotatable bonds is 3. The first-order valence-electron chi connectivity index (χ1n) is 6.27. The number of benzene rings is 1. The lowest BCUT2D eigenvalue weighted by Gasteiger charge is -2.18.